The Hall–Kier alpha value is -0.580. The fraction of sp³-hybridized carbons (Fsp3) is 0.400. The minimum Gasteiger partial charge on any atom is -0.491 e. The maximum Gasteiger partial charge on any atom is 0.123 e. The molecule has 1 rings (SSSR count). The number of ether oxygens (including phenoxy) is 2. The first-order chi connectivity index (χ1) is 6.77. The van der Waals surface area contributed by atoms with Gasteiger partial charge in [-0.3, -0.25) is 0 Å². The molecule has 1 aromatic rings. The maximum atomic E-state index is 5.59. The SMILES string of the molecule is COCCOc1ccc(Br)cc1CN. The molecule has 0 aliphatic carbocycles. The summed E-state index contributed by atoms with van der Waals surface area (Å²) in [7, 11) is 1.65. The molecule has 4 heteroatoms. The number of hydrogen-bond acceptors (Lipinski definition) is 3. The number of rotatable bonds is 5. The van der Waals surface area contributed by atoms with E-state index in [9.17, 15) is 0 Å². The van der Waals surface area contributed by atoms with E-state index in [1.54, 1.807) is 7.11 Å². The number of nitrogens with two attached hydrogens (primary N) is 1. The Bertz CT molecular complexity index is 291. The summed E-state index contributed by atoms with van der Waals surface area (Å²) in [6, 6.07) is 5.80. The minimum atomic E-state index is 0.474. The zero-order chi connectivity index (χ0) is 10.4. The summed E-state index contributed by atoms with van der Waals surface area (Å²) < 4.78 is 11.4. The van der Waals surface area contributed by atoms with Crippen molar-refractivity contribution in [1.82, 2.24) is 0 Å². The molecule has 0 saturated carbocycles. The van der Waals surface area contributed by atoms with E-state index in [1.165, 1.54) is 0 Å². The van der Waals surface area contributed by atoms with Gasteiger partial charge in [0.1, 0.15) is 12.4 Å². The molecular formula is C10H14BrNO2. The van der Waals surface area contributed by atoms with E-state index in [0.717, 1.165) is 15.8 Å². The van der Waals surface area contributed by atoms with Gasteiger partial charge in [0.2, 0.25) is 0 Å². The normalized spacial score (nSPS) is 10.2. The quantitative estimate of drug-likeness (QED) is 0.823. The van der Waals surface area contributed by atoms with Crippen molar-refractivity contribution in [3.8, 4) is 5.75 Å². The molecule has 0 bridgehead atoms. The maximum absolute atomic E-state index is 5.59. The predicted molar refractivity (Wildman–Crippen MR) is 59.4 cm³/mol. The van der Waals surface area contributed by atoms with Crippen LogP contribution in [0.3, 0.4) is 0 Å². The van der Waals surface area contributed by atoms with E-state index < -0.39 is 0 Å². The highest BCUT2D eigenvalue weighted by molar-refractivity contribution is 9.10. The Morgan fingerprint density at radius 3 is 2.79 bits per heavy atom. The molecule has 0 unspecified atom stereocenters. The average Bonchev–Trinajstić information content (AvgIpc) is 2.20. The Kier molecular flexibility index (Phi) is 4.93. The third-order valence-electron chi connectivity index (χ3n) is 1.79. The van der Waals surface area contributed by atoms with Crippen LogP contribution >= 0.6 is 15.9 Å². The van der Waals surface area contributed by atoms with Crippen LogP contribution in [0.2, 0.25) is 0 Å². The lowest BCUT2D eigenvalue weighted by molar-refractivity contribution is 0.146. The Morgan fingerprint density at radius 2 is 2.14 bits per heavy atom. The summed E-state index contributed by atoms with van der Waals surface area (Å²) in [6.45, 7) is 1.60. The van der Waals surface area contributed by atoms with Gasteiger partial charge in [-0.05, 0) is 18.2 Å². The molecule has 1 aromatic carbocycles. The Morgan fingerprint density at radius 1 is 1.36 bits per heavy atom. The summed E-state index contributed by atoms with van der Waals surface area (Å²) in [5.41, 5.74) is 6.59. The van der Waals surface area contributed by atoms with Gasteiger partial charge in [0, 0.05) is 23.7 Å². The first kappa shape index (κ1) is 11.5. The van der Waals surface area contributed by atoms with E-state index in [4.69, 9.17) is 15.2 Å². The van der Waals surface area contributed by atoms with Gasteiger partial charge in [0.15, 0.2) is 0 Å². The zero-order valence-electron chi connectivity index (χ0n) is 8.13. The van der Waals surface area contributed by atoms with E-state index in [2.05, 4.69) is 15.9 Å². The Labute approximate surface area is 92.3 Å². The molecule has 0 spiro atoms. The molecule has 0 aliphatic rings. The van der Waals surface area contributed by atoms with Gasteiger partial charge in [-0.1, -0.05) is 15.9 Å². The van der Waals surface area contributed by atoms with Gasteiger partial charge in [-0.2, -0.15) is 0 Å². The monoisotopic (exact) mass is 259 g/mol. The highest BCUT2D eigenvalue weighted by Crippen LogP contribution is 2.22. The van der Waals surface area contributed by atoms with Gasteiger partial charge >= 0.3 is 0 Å². The fourth-order valence-corrected chi connectivity index (χ4v) is 1.49. The third-order valence-corrected chi connectivity index (χ3v) is 2.28. The molecule has 0 aliphatic heterocycles. The van der Waals surface area contributed by atoms with Crippen molar-refractivity contribution < 1.29 is 9.47 Å². The average molecular weight is 260 g/mol. The van der Waals surface area contributed by atoms with Crippen LogP contribution < -0.4 is 10.5 Å². The lowest BCUT2D eigenvalue weighted by Crippen LogP contribution is -2.07. The van der Waals surface area contributed by atoms with Crippen molar-refractivity contribution in [3.05, 3.63) is 28.2 Å². The van der Waals surface area contributed by atoms with Crippen molar-refractivity contribution in [1.29, 1.82) is 0 Å². The molecule has 0 aromatic heterocycles. The van der Waals surface area contributed by atoms with Crippen molar-refractivity contribution >= 4 is 15.9 Å². The van der Waals surface area contributed by atoms with Crippen molar-refractivity contribution in [2.75, 3.05) is 20.3 Å². The van der Waals surface area contributed by atoms with E-state index in [1.807, 2.05) is 18.2 Å². The van der Waals surface area contributed by atoms with Gasteiger partial charge in [-0.25, -0.2) is 0 Å². The van der Waals surface area contributed by atoms with Gasteiger partial charge in [0.25, 0.3) is 0 Å². The van der Waals surface area contributed by atoms with Crippen molar-refractivity contribution in [3.63, 3.8) is 0 Å². The fourth-order valence-electron chi connectivity index (χ4n) is 1.08. The minimum absolute atomic E-state index is 0.474. The molecular weight excluding hydrogens is 246 g/mol. The van der Waals surface area contributed by atoms with Crippen LogP contribution in [0.5, 0.6) is 5.75 Å². The largest absolute Gasteiger partial charge is 0.491 e. The Balaban J connectivity index is 2.65. The van der Waals surface area contributed by atoms with Crippen LogP contribution in [0, 0.1) is 0 Å². The third kappa shape index (κ3) is 3.29. The van der Waals surface area contributed by atoms with E-state index >= 15 is 0 Å². The molecule has 78 valence electrons. The van der Waals surface area contributed by atoms with Crippen LogP contribution in [0.25, 0.3) is 0 Å². The van der Waals surface area contributed by atoms with Crippen LogP contribution in [0.4, 0.5) is 0 Å². The van der Waals surface area contributed by atoms with Crippen LogP contribution in [-0.2, 0) is 11.3 Å². The number of benzene rings is 1. The van der Waals surface area contributed by atoms with Gasteiger partial charge < -0.3 is 15.2 Å². The van der Waals surface area contributed by atoms with Gasteiger partial charge in [0.05, 0.1) is 6.61 Å². The first-order valence-electron chi connectivity index (χ1n) is 4.38. The molecule has 0 amide bonds. The number of halogens is 1. The first-order valence-corrected chi connectivity index (χ1v) is 5.17. The van der Waals surface area contributed by atoms with E-state index in [0.29, 0.717) is 19.8 Å². The molecule has 2 N–H and O–H groups in total. The predicted octanol–water partition coefficient (Wildman–Crippen LogP) is 1.93. The summed E-state index contributed by atoms with van der Waals surface area (Å²) in [5, 5.41) is 0. The molecule has 0 atom stereocenters. The zero-order valence-corrected chi connectivity index (χ0v) is 9.71. The lowest BCUT2D eigenvalue weighted by atomic mass is 10.2. The summed E-state index contributed by atoms with van der Waals surface area (Å²) in [6.07, 6.45) is 0. The highest BCUT2D eigenvalue weighted by atomic mass is 79.9. The molecule has 0 saturated heterocycles. The molecule has 3 nitrogen and oxygen atoms in total. The van der Waals surface area contributed by atoms with Crippen LogP contribution in [0.1, 0.15) is 5.56 Å². The van der Waals surface area contributed by atoms with Crippen LogP contribution in [0.15, 0.2) is 22.7 Å². The number of methoxy groups -OCH3 is 1. The second-order valence-electron chi connectivity index (χ2n) is 2.80. The van der Waals surface area contributed by atoms with Crippen molar-refractivity contribution in [2.45, 2.75) is 6.54 Å². The summed E-state index contributed by atoms with van der Waals surface area (Å²) >= 11 is 3.38. The second-order valence-corrected chi connectivity index (χ2v) is 3.71. The van der Waals surface area contributed by atoms with E-state index in [-0.39, 0.29) is 0 Å². The molecule has 0 fully saturated rings. The van der Waals surface area contributed by atoms with Gasteiger partial charge in [-0.15, -0.1) is 0 Å². The second kappa shape index (κ2) is 6.01. The standard InChI is InChI=1S/C10H14BrNO2/c1-13-4-5-14-10-3-2-9(11)6-8(10)7-12/h2-3,6H,4-5,7,12H2,1H3. The topological polar surface area (TPSA) is 44.5 Å². The molecule has 0 heterocycles. The molecule has 0 radical (unpaired) electrons. The number of hydrogen-bond donors (Lipinski definition) is 1. The lowest BCUT2D eigenvalue weighted by Gasteiger charge is -2.10. The smallest absolute Gasteiger partial charge is 0.123 e. The van der Waals surface area contributed by atoms with Crippen LogP contribution in [-0.4, -0.2) is 20.3 Å². The van der Waals surface area contributed by atoms with Crippen molar-refractivity contribution in [2.24, 2.45) is 5.73 Å². The summed E-state index contributed by atoms with van der Waals surface area (Å²) in [4.78, 5) is 0. The molecule has 14 heavy (non-hydrogen) atoms. The highest BCUT2D eigenvalue weighted by Gasteiger charge is 2.02. The summed E-state index contributed by atoms with van der Waals surface area (Å²) in [5.74, 6) is 0.827.